The van der Waals surface area contributed by atoms with Gasteiger partial charge in [-0.1, -0.05) is 23.2 Å². The first kappa shape index (κ1) is 10.1. The van der Waals surface area contributed by atoms with Crippen LogP contribution in [0.1, 0.15) is 24.6 Å². The van der Waals surface area contributed by atoms with Gasteiger partial charge in [0.1, 0.15) is 16.1 Å². The van der Waals surface area contributed by atoms with E-state index in [4.69, 9.17) is 23.2 Å². The summed E-state index contributed by atoms with van der Waals surface area (Å²) in [7, 11) is 0. The second kappa shape index (κ2) is 3.28. The average molecular weight is 239 g/mol. The van der Waals surface area contributed by atoms with Crippen molar-refractivity contribution in [3.8, 4) is 0 Å². The third kappa shape index (κ3) is 1.96. The van der Waals surface area contributed by atoms with Crippen LogP contribution in [0.15, 0.2) is 6.07 Å². The second-order valence-corrected chi connectivity index (χ2v) is 4.11. The predicted octanol–water partition coefficient (Wildman–Crippen LogP) is 3.30. The maximum absolute atomic E-state index is 12.6. The Hall–Kier alpha value is -0.480. The Morgan fingerprint density at radius 2 is 1.71 bits per heavy atom. The standard InChI is InChI=1S/C8H6Cl2F2N2/c9-5-1-6(10)14-7(13-5)4-2-8(11,12)3-4/h1,4H,2-3H2. The van der Waals surface area contributed by atoms with Crippen LogP contribution in [0, 0.1) is 0 Å². The summed E-state index contributed by atoms with van der Waals surface area (Å²) in [6.07, 6.45) is -0.437. The van der Waals surface area contributed by atoms with Crippen LogP contribution in [0.3, 0.4) is 0 Å². The van der Waals surface area contributed by atoms with Gasteiger partial charge in [-0.05, 0) is 0 Å². The summed E-state index contributed by atoms with van der Waals surface area (Å²) in [4.78, 5) is 7.72. The van der Waals surface area contributed by atoms with Gasteiger partial charge >= 0.3 is 0 Å². The van der Waals surface area contributed by atoms with E-state index < -0.39 is 5.92 Å². The molecule has 6 heteroatoms. The number of halogens is 4. The minimum atomic E-state index is -2.58. The molecular formula is C8H6Cl2F2N2. The molecule has 0 aliphatic heterocycles. The van der Waals surface area contributed by atoms with Gasteiger partial charge in [-0.3, -0.25) is 0 Å². The van der Waals surface area contributed by atoms with Crippen LogP contribution in [0.2, 0.25) is 10.3 Å². The Morgan fingerprint density at radius 1 is 1.21 bits per heavy atom. The highest BCUT2D eigenvalue weighted by molar-refractivity contribution is 6.33. The van der Waals surface area contributed by atoms with Gasteiger partial charge in [0.2, 0.25) is 5.92 Å². The van der Waals surface area contributed by atoms with Crippen LogP contribution >= 0.6 is 23.2 Å². The number of hydrogen-bond acceptors (Lipinski definition) is 2. The highest BCUT2D eigenvalue weighted by atomic mass is 35.5. The van der Waals surface area contributed by atoms with Gasteiger partial charge in [0, 0.05) is 24.8 Å². The van der Waals surface area contributed by atoms with Gasteiger partial charge < -0.3 is 0 Å². The SMILES string of the molecule is FC1(F)CC(c2nc(Cl)cc(Cl)n2)C1. The van der Waals surface area contributed by atoms with E-state index >= 15 is 0 Å². The maximum atomic E-state index is 12.6. The fourth-order valence-corrected chi connectivity index (χ4v) is 1.87. The molecule has 1 aliphatic rings. The van der Waals surface area contributed by atoms with Crippen molar-refractivity contribution in [2.45, 2.75) is 24.7 Å². The van der Waals surface area contributed by atoms with Gasteiger partial charge in [-0.25, -0.2) is 18.7 Å². The summed E-state index contributed by atoms with van der Waals surface area (Å²) in [6.45, 7) is 0. The van der Waals surface area contributed by atoms with Gasteiger partial charge in [0.15, 0.2) is 0 Å². The number of rotatable bonds is 1. The monoisotopic (exact) mass is 238 g/mol. The molecule has 1 heterocycles. The average Bonchev–Trinajstić information content (AvgIpc) is 1.97. The Morgan fingerprint density at radius 3 is 2.14 bits per heavy atom. The first-order valence-corrected chi connectivity index (χ1v) is 4.80. The molecule has 1 aromatic heterocycles. The van der Waals surface area contributed by atoms with E-state index in [0.29, 0.717) is 5.82 Å². The normalized spacial score (nSPS) is 20.6. The highest BCUT2D eigenvalue weighted by Crippen LogP contribution is 2.47. The molecule has 0 unspecified atom stereocenters. The number of nitrogens with zero attached hydrogens (tertiary/aromatic N) is 2. The predicted molar refractivity (Wildman–Crippen MR) is 49.0 cm³/mol. The second-order valence-electron chi connectivity index (χ2n) is 3.33. The van der Waals surface area contributed by atoms with Crippen molar-refractivity contribution in [3.05, 3.63) is 22.2 Å². The molecule has 76 valence electrons. The van der Waals surface area contributed by atoms with Crippen molar-refractivity contribution in [2.75, 3.05) is 0 Å². The lowest BCUT2D eigenvalue weighted by atomic mass is 9.81. The van der Waals surface area contributed by atoms with E-state index in [-0.39, 0.29) is 29.1 Å². The Bertz CT molecular complexity index is 342. The van der Waals surface area contributed by atoms with Gasteiger partial charge in [0.25, 0.3) is 0 Å². The summed E-state index contributed by atoms with van der Waals surface area (Å²) in [6, 6.07) is 1.38. The number of aromatic nitrogens is 2. The molecule has 0 spiro atoms. The molecule has 0 bridgehead atoms. The van der Waals surface area contributed by atoms with Crippen molar-refractivity contribution >= 4 is 23.2 Å². The van der Waals surface area contributed by atoms with E-state index in [1.54, 1.807) is 0 Å². The molecule has 0 saturated heterocycles. The third-order valence-electron chi connectivity index (χ3n) is 2.14. The molecule has 1 fully saturated rings. The minimum absolute atomic E-state index is 0.190. The van der Waals surface area contributed by atoms with Crippen LogP contribution in [0.4, 0.5) is 8.78 Å². The fourth-order valence-electron chi connectivity index (χ4n) is 1.43. The lowest BCUT2D eigenvalue weighted by Crippen LogP contribution is -2.34. The van der Waals surface area contributed by atoms with Crippen molar-refractivity contribution in [1.82, 2.24) is 9.97 Å². The zero-order chi connectivity index (χ0) is 10.3. The van der Waals surface area contributed by atoms with Gasteiger partial charge in [0.05, 0.1) is 0 Å². The summed E-state index contributed by atoms with van der Waals surface area (Å²) in [5, 5.41) is 0.380. The van der Waals surface area contributed by atoms with Crippen LogP contribution < -0.4 is 0 Å². The van der Waals surface area contributed by atoms with E-state index in [1.165, 1.54) is 6.07 Å². The Labute approximate surface area is 89.3 Å². The van der Waals surface area contributed by atoms with Crippen molar-refractivity contribution < 1.29 is 8.78 Å². The van der Waals surface area contributed by atoms with Crippen LogP contribution in [-0.4, -0.2) is 15.9 Å². The smallest absolute Gasteiger partial charge is 0.221 e. The Balaban J connectivity index is 2.18. The molecule has 0 atom stereocenters. The van der Waals surface area contributed by atoms with E-state index in [2.05, 4.69) is 9.97 Å². The maximum Gasteiger partial charge on any atom is 0.249 e. The van der Waals surface area contributed by atoms with Crippen LogP contribution in [0.25, 0.3) is 0 Å². The van der Waals surface area contributed by atoms with Gasteiger partial charge in [-0.2, -0.15) is 0 Å². The molecule has 1 saturated carbocycles. The molecule has 1 aromatic rings. The molecule has 1 aliphatic carbocycles. The van der Waals surface area contributed by atoms with Crippen molar-refractivity contribution in [2.24, 2.45) is 0 Å². The molecule has 0 amide bonds. The largest absolute Gasteiger partial charge is 0.249 e. The molecule has 2 nitrogen and oxygen atoms in total. The Kier molecular flexibility index (Phi) is 2.35. The summed E-state index contributed by atoms with van der Waals surface area (Å²) >= 11 is 11.2. The van der Waals surface area contributed by atoms with Crippen LogP contribution in [-0.2, 0) is 0 Å². The third-order valence-corrected chi connectivity index (χ3v) is 2.52. The summed E-state index contributed by atoms with van der Waals surface area (Å²) in [5.41, 5.74) is 0. The van der Waals surface area contributed by atoms with Crippen molar-refractivity contribution in [3.63, 3.8) is 0 Å². The number of alkyl halides is 2. The zero-order valence-corrected chi connectivity index (χ0v) is 8.49. The molecule has 0 radical (unpaired) electrons. The topological polar surface area (TPSA) is 25.8 Å². The van der Waals surface area contributed by atoms with E-state index in [1.807, 2.05) is 0 Å². The first-order valence-electron chi connectivity index (χ1n) is 4.04. The minimum Gasteiger partial charge on any atom is -0.221 e. The van der Waals surface area contributed by atoms with E-state index in [9.17, 15) is 8.78 Å². The highest BCUT2D eigenvalue weighted by Gasteiger charge is 2.47. The lowest BCUT2D eigenvalue weighted by molar-refractivity contribution is -0.0885. The zero-order valence-electron chi connectivity index (χ0n) is 6.98. The summed E-state index contributed by atoms with van der Waals surface area (Å²) < 4.78 is 25.1. The number of hydrogen-bond donors (Lipinski definition) is 0. The van der Waals surface area contributed by atoms with Crippen LogP contribution in [0.5, 0.6) is 0 Å². The first-order chi connectivity index (χ1) is 6.46. The van der Waals surface area contributed by atoms with E-state index in [0.717, 1.165) is 0 Å². The summed E-state index contributed by atoms with van der Waals surface area (Å²) in [5.74, 6) is -2.59. The molecule has 2 rings (SSSR count). The molecule has 14 heavy (non-hydrogen) atoms. The lowest BCUT2D eigenvalue weighted by Gasteiger charge is -2.33. The van der Waals surface area contributed by atoms with Gasteiger partial charge in [-0.15, -0.1) is 0 Å². The quantitative estimate of drug-likeness (QED) is 0.702. The molecular weight excluding hydrogens is 233 g/mol. The molecule has 0 aromatic carbocycles. The fraction of sp³-hybridized carbons (Fsp3) is 0.500. The van der Waals surface area contributed by atoms with Crippen molar-refractivity contribution in [1.29, 1.82) is 0 Å². The molecule has 0 N–H and O–H groups in total.